The first-order chi connectivity index (χ1) is 10.2. The number of para-hydroxylation sites is 1. The van der Waals surface area contributed by atoms with Crippen LogP contribution in [0.2, 0.25) is 0 Å². The predicted octanol–water partition coefficient (Wildman–Crippen LogP) is 2.13. The molecule has 6 heteroatoms. The molecule has 0 N–H and O–H groups in total. The highest BCUT2D eigenvalue weighted by Crippen LogP contribution is 2.38. The van der Waals surface area contributed by atoms with Crippen LogP contribution in [0.25, 0.3) is 5.69 Å². The van der Waals surface area contributed by atoms with Gasteiger partial charge in [-0.1, -0.05) is 18.2 Å². The van der Waals surface area contributed by atoms with E-state index in [0.29, 0.717) is 6.01 Å². The molecule has 1 aliphatic rings. The van der Waals surface area contributed by atoms with Gasteiger partial charge in [-0.15, -0.1) is 5.10 Å². The Morgan fingerprint density at radius 3 is 2.71 bits per heavy atom. The number of rotatable bonds is 5. The molecule has 1 fully saturated rings. The average Bonchev–Trinajstić information content (AvgIpc) is 2.94. The second-order valence-corrected chi connectivity index (χ2v) is 5.20. The number of hydrogen-bond acceptors (Lipinski definition) is 5. The maximum absolute atomic E-state index is 11.5. The Morgan fingerprint density at radius 2 is 2.10 bits per heavy atom. The van der Waals surface area contributed by atoms with Gasteiger partial charge in [-0.2, -0.15) is 4.98 Å². The summed E-state index contributed by atoms with van der Waals surface area (Å²) in [5.41, 5.74) is 0.408. The Kier molecular flexibility index (Phi) is 3.60. The predicted molar refractivity (Wildman–Crippen MR) is 75.2 cm³/mol. The number of esters is 1. The Hall–Kier alpha value is -2.37. The highest BCUT2D eigenvalue weighted by Gasteiger charge is 2.42. The highest BCUT2D eigenvalue weighted by atomic mass is 16.5. The van der Waals surface area contributed by atoms with Gasteiger partial charge in [0.1, 0.15) is 11.9 Å². The van der Waals surface area contributed by atoms with Crippen LogP contribution >= 0.6 is 0 Å². The molecule has 0 bridgehead atoms. The molecule has 2 aromatic rings. The molecule has 1 aliphatic carbocycles. The molecule has 1 heterocycles. The number of carbonyl (C=O) groups is 1. The quantitative estimate of drug-likeness (QED) is 0.788. The topological polar surface area (TPSA) is 66.2 Å². The molecule has 21 heavy (non-hydrogen) atoms. The summed E-state index contributed by atoms with van der Waals surface area (Å²) in [5.74, 6) is -0.266. The van der Waals surface area contributed by atoms with Gasteiger partial charge < -0.3 is 9.47 Å². The molecule has 0 amide bonds. The second kappa shape index (κ2) is 5.55. The largest absolute Gasteiger partial charge is 0.469 e. The van der Waals surface area contributed by atoms with Crippen molar-refractivity contribution >= 4 is 5.97 Å². The first-order valence-corrected chi connectivity index (χ1v) is 6.94. The van der Waals surface area contributed by atoms with Crippen LogP contribution in [0.5, 0.6) is 6.01 Å². The summed E-state index contributed by atoms with van der Waals surface area (Å²) in [6, 6.07) is 9.97. The number of hydrogen-bond donors (Lipinski definition) is 0. The zero-order chi connectivity index (χ0) is 14.7. The molecule has 0 atom stereocenters. The summed E-state index contributed by atoms with van der Waals surface area (Å²) in [7, 11) is 1.39. The third kappa shape index (κ3) is 2.89. The third-order valence-electron chi connectivity index (χ3n) is 3.76. The summed E-state index contributed by atoms with van der Waals surface area (Å²) in [6.07, 6.45) is 4.53. The lowest BCUT2D eigenvalue weighted by molar-refractivity contribution is -0.148. The summed E-state index contributed by atoms with van der Waals surface area (Å²) < 4.78 is 12.3. The van der Waals surface area contributed by atoms with E-state index in [4.69, 9.17) is 9.47 Å². The molecule has 0 saturated heterocycles. The van der Waals surface area contributed by atoms with Crippen molar-refractivity contribution in [3.63, 3.8) is 0 Å². The molecule has 6 nitrogen and oxygen atoms in total. The number of methoxy groups -OCH3 is 1. The number of aromatic nitrogens is 3. The van der Waals surface area contributed by atoms with E-state index in [-0.39, 0.29) is 12.4 Å². The first-order valence-electron chi connectivity index (χ1n) is 6.94. The smallest absolute Gasteiger partial charge is 0.336 e. The van der Waals surface area contributed by atoms with Crippen molar-refractivity contribution in [3.05, 3.63) is 36.7 Å². The van der Waals surface area contributed by atoms with E-state index in [1.807, 2.05) is 30.3 Å². The minimum atomic E-state index is -0.504. The molecule has 0 unspecified atom stereocenters. The van der Waals surface area contributed by atoms with Crippen molar-refractivity contribution in [2.24, 2.45) is 0 Å². The van der Waals surface area contributed by atoms with E-state index in [9.17, 15) is 4.79 Å². The van der Waals surface area contributed by atoms with Gasteiger partial charge in [0.2, 0.25) is 0 Å². The van der Waals surface area contributed by atoms with Crippen molar-refractivity contribution < 1.29 is 14.3 Å². The van der Waals surface area contributed by atoms with Gasteiger partial charge in [0, 0.05) is 0 Å². The standard InChI is InChI=1S/C15H17N3O3/c1-20-13(19)10-15(8-5-9-15)21-14-16-11-18(17-14)12-6-3-2-4-7-12/h2-4,6-7,11H,5,8-10H2,1H3. The fraction of sp³-hybridized carbons (Fsp3) is 0.400. The molecule has 0 aliphatic heterocycles. The fourth-order valence-electron chi connectivity index (χ4n) is 2.41. The summed E-state index contributed by atoms with van der Waals surface area (Å²) in [6.45, 7) is 0. The van der Waals surface area contributed by atoms with Crippen LogP contribution in [0.3, 0.4) is 0 Å². The normalized spacial score (nSPS) is 16.0. The Balaban J connectivity index is 1.73. The summed E-state index contributed by atoms with van der Waals surface area (Å²) in [4.78, 5) is 15.7. The molecule has 1 aromatic heterocycles. The van der Waals surface area contributed by atoms with Gasteiger partial charge in [-0.25, -0.2) is 4.68 Å². The van der Waals surface area contributed by atoms with Crippen LogP contribution in [0.4, 0.5) is 0 Å². The van der Waals surface area contributed by atoms with Gasteiger partial charge in [0.05, 0.1) is 19.2 Å². The lowest BCUT2D eigenvalue weighted by Gasteiger charge is -2.39. The van der Waals surface area contributed by atoms with E-state index in [0.717, 1.165) is 24.9 Å². The van der Waals surface area contributed by atoms with E-state index >= 15 is 0 Å². The monoisotopic (exact) mass is 287 g/mol. The van der Waals surface area contributed by atoms with Gasteiger partial charge >= 0.3 is 12.0 Å². The number of ether oxygens (including phenoxy) is 2. The Bertz CT molecular complexity index is 620. The second-order valence-electron chi connectivity index (χ2n) is 5.20. The van der Waals surface area contributed by atoms with Crippen LogP contribution < -0.4 is 4.74 Å². The van der Waals surface area contributed by atoms with Gasteiger partial charge in [0.25, 0.3) is 0 Å². The molecule has 0 spiro atoms. The van der Waals surface area contributed by atoms with Crippen LogP contribution in [0.15, 0.2) is 36.7 Å². The van der Waals surface area contributed by atoms with Crippen LogP contribution in [-0.2, 0) is 9.53 Å². The maximum Gasteiger partial charge on any atom is 0.336 e. The molecule has 3 rings (SSSR count). The van der Waals surface area contributed by atoms with E-state index < -0.39 is 5.60 Å². The molecular formula is C15H17N3O3. The Labute approximate surface area is 122 Å². The molecule has 0 radical (unpaired) electrons. The number of carbonyl (C=O) groups excluding carboxylic acids is 1. The van der Waals surface area contributed by atoms with Crippen molar-refractivity contribution in [2.45, 2.75) is 31.3 Å². The highest BCUT2D eigenvalue weighted by molar-refractivity contribution is 5.70. The summed E-state index contributed by atoms with van der Waals surface area (Å²) in [5, 5.41) is 4.31. The summed E-state index contributed by atoms with van der Waals surface area (Å²) >= 11 is 0. The van der Waals surface area contributed by atoms with Crippen LogP contribution in [0.1, 0.15) is 25.7 Å². The van der Waals surface area contributed by atoms with E-state index in [1.165, 1.54) is 7.11 Å². The zero-order valence-corrected chi connectivity index (χ0v) is 11.9. The van der Waals surface area contributed by atoms with Crippen molar-refractivity contribution in [2.75, 3.05) is 7.11 Å². The van der Waals surface area contributed by atoms with Gasteiger partial charge in [-0.05, 0) is 31.4 Å². The average molecular weight is 287 g/mol. The zero-order valence-electron chi connectivity index (χ0n) is 11.9. The molecule has 110 valence electrons. The lowest BCUT2D eigenvalue weighted by atomic mass is 9.77. The fourth-order valence-corrected chi connectivity index (χ4v) is 2.41. The van der Waals surface area contributed by atoms with E-state index in [1.54, 1.807) is 11.0 Å². The van der Waals surface area contributed by atoms with Crippen molar-refractivity contribution in [1.29, 1.82) is 0 Å². The molecular weight excluding hydrogens is 270 g/mol. The Morgan fingerprint density at radius 1 is 1.33 bits per heavy atom. The minimum Gasteiger partial charge on any atom is -0.469 e. The first kappa shape index (κ1) is 13.6. The third-order valence-corrected chi connectivity index (χ3v) is 3.76. The lowest BCUT2D eigenvalue weighted by Crippen LogP contribution is -2.45. The minimum absolute atomic E-state index is 0.239. The number of benzene rings is 1. The molecule has 1 saturated carbocycles. The SMILES string of the molecule is COC(=O)CC1(Oc2ncn(-c3ccccc3)n2)CCC1. The van der Waals surface area contributed by atoms with E-state index in [2.05, 4.69) is 10.1 Å². The van der Waals surface area contributed by atoms with Crippen molar-refractivity contribution in [3.8, 4) is 11.7 Å². The van der Waals surface area contributed by atoms with Crippen molar-refractivity contribution in [1.82, 2.24) is 14.8 Å². The van der Waals surface area contributed by atoms with Gasteiger partial charge in [-0.3, -0.25) is 4.79 Å². The maximum atomic E-state index is 11.5. The molecule has 1 aromatic carbocycles. The van der Waals surface area contributed by atoms with Crippen LogP contribution in [0, 0.1) is 0 Å². The number of nitrogens with zero attached hydrogens (tertiary/aromatic N) is 3. The van der Waals surface area contributed by atoms with Gasteiger partial charge in [0.15, 0.2) is 0 Å². The van der Waals surface area contributed by atoms with Crippen LogP contribution in [-0.4, -0.2) is 33.4 Å².